The zero-order chi connectivity index (χ0) is 15.5. The van der Waals surface area contributed by atoms with Gasteiger partial charge in [0.2, 0.25) is 0 Å². The Morgan fingerprint density at radius 3 is 2.45 bits per heavy atom. The lowest BCUT2D eigenvalue weighted by atomic mass is 10.0. The van der Waals surface area contributed by atoms with E-state index in [2.05, 4.69) is 21.2 Å². The van der Waals surface area contributed by atoms with Crippen LogP contribution in [0.1, 0.15) is 18.0 Å². The summed E-state index contributed by atoms with van der Waals surface area (Å²) in [5.41, 5.74) is 0.655. The summed E-state index contributed by atoms with van der Waals surface area (Å²) >= 11 is 3.34. The summed E-state index contributed by atoms with van der Waals surface area (Å²) in [4.78, 5) is 1.89. The third-order valence-corrected chi connectivity index (χ3v) is 4.20. The van der Waals surface area contributed by atoms with Crippen LogP contribution in [0.15, 0.2) is 22.7 Å². The molecule has 0 aliphatic carbocycles. The summed E-state index contributed by atoms with van der Waals surface area (Å²) in [6, 6.07) is 4.47. The molecule has 1 atom stereocenters. The fourth-order valence-corrected chi connectivity index (χ4v) is 3.12. The summed E-state index contributed by atoms with van der Waals surface area (Å²) in [7, 11) is 1.53. The third-order valence-electron chi connectivity index (χ3n) is 3.58. The summed E-state index contributed by atoms with van der Waals surface area (Å²) in [6.07, 6.45) is -5.03. The third kappa shape index (κ3) is 5.30. The molecule has 0 saturated carbocycles. The maximum atomic E-state index is 12.9. The molecule has 1 aromatic carbocycles. The fourth-order valence-electron chi connectivity index (χ4n) is 2.56. The lowest BCUT2D eigenvalue weighted by Crippen LogP contribution is -2.46. The minimum Gasteiger partial charge on any atom is -0.496 e. The van der Waals surface area contributed by atoms with Gasteiger partial charge in [-0.15, -0.1) is 12.4 Å². The molecule has 126 valence electrons. The molecule has 0 radical (unpaired) electrons. The minimum absolute atomic E-state index is 0. The Hall–Kier alpha value is -0.500. The van der Waals surface area contributed by atoms with Gasteiger partial charge in [-0.3, -0.25) is 4.90 Å². The normalized spacial score (nSPS) is 17.7. The zero-order valence-electron chi connectivity index (χ0n) is 12.1. The number of piperazine rings is 1. The van der Waals surface area contributed by atoms with Gasteiger partial charge in [0.1, 0.15) is 5.75 Å². The van der Waals surface area contributed by atoms with E-state index in [0.717, 1.165) is 0 Å². The van der Waals surface area contributed by atoms with Crippen molar-refractivity contribution >= 4 is 28.3 Å². The number of nitrogens with one attached hydrogen (secondary N) is 1. The molecule has 1 heterocycles. The maximum absolute atomic E-state index is 12.9. The molecule has 1 N–H and O–H groups in total. The van der Waals surface area contributed by atoms with Crippen molar-refractivity contribution in [2.75, 3.05) is 33.3 Å². The van der Waals surface area contributed by atoms with Crippen LogP contribution in [0.5, 0.6) is 5.75 Å². The molecule has 0 aromatic heterocycles. The quantitative estimate of drug-likeness (QED) is 0.828. The van der Waals surface area contributed by atoms with Crippen molar-refractivity contribution < 1.29 is 17.9 Å². The van der Waals surface area contributed by atoms with Crippen molar-refractivity contribution in [1.29, 1.82) is 0 Å². The van der Waals surface area contributed by atoms with E-state index in [1.807, 2.05) is 4.90 Å². The van der Waals surface area contributed by atoms with E-state index in [9.17, 15) is 13.2 Å². The molecule has 3 nitrogen and oxygen atoms in total. The van der Waals surface area contributed by atoms with Crippen molar-refractivity contribution in [3.05, 3.63) is 28.2 Å². The van der Waals surface area contributed by atoms with E-state index in [-0.39, 0.29) is 12.4 Å². The first kappa shape index (κ1) is 19.5. The Bertz CT molecular complexity index is 482. The van der Waals surface area contributed by atoms with E-state index in [4.69, 9.17) is 4.74 Å². The molecule has 1 aliphatic rings. The number of alkyl halides is 3. The van der Waals surface area contributed by atoms with E-state index < -0.39 is 18.6 Å². The predicted octanol–water partition coefficient (Wildman–Crippen LogP) is 3.78. The van der Waals surface area contributed by atoms with E-state index in [1.54, 1.807) is 18.2 Å². The molecule has 2 rings (SSSR count). The summed E-state index contributed by atoms with van der Waals surface area (Å²) in [6.45, 7) is 2.66. The van der Waals surface area contributed by atoms with Crippen LogP contribution in [0.25, 0.3) is 0 Å². The lowest BCUT2D eigenvalue weighted by molar-refractivity contribution is -0.148. The minimum atomic E-state index is -4.19. The molecule has 1 fully saturated rings. The highest BCUT2D eigenvalue weighted by Crippen LogP contribution is 2.36. The van der Waals surface area contributed by atoms with Crippen LogP contribution in [-0.4, -0.2) is 44.4 Å². The number of rotatable bonds is 4. The Labute approximate surface area is 142 Å². The molecule has 8 heteroatoms. The molecule has 0 unspecified atom stereocenters. The van der Waals surface area contributed by atoms with Gasteiger partial charge in [0, 0.05) is 32.2 Å². The van der Waals surface area contributed by atoms with Gasteiger partial charge in [-0.2, -0.15) is 13.2 Å². The maximum Gasteiger partial charge on any atom is 0.390 e. The van der Waals surface area contributed by atoms with Crippen LogP contribution in [-0.2, 0) is 0 Å². The van der Waals surface area contributed by atoms with Crippen molar-refractivity contribution in [2.24, 2.45) is 0 Å². The summed E-state index contributed by atoms with van der Waals surface area (Å²) in [5, 5.41) is 3.16. The monoisotopic (exact) mass is 402 g/mol. The highest BCUT2D eigenvalue weighted by atomic mass is 79.9. The van der Waals surface area contributed by atoms with Crippen molar-refractivity contribution in [3.63, 3.8) is 0 Å². The van der Waals surface area contributed by atoms with Crippen LogP contribution < -0.4 is 10.1 Å². The van der Waals surface area contributed by atoms with Gasteiger partial charge >= 0.3 is 6.18 Å². The number of ether oxygens (including phenoxy) is 1. The smallest absolute Gasteiger partial charge is 0.390 e. The van der Waals surface area contributed by atoms with Crippen molar-refractivity contribution in [2.45, 2.75) is 18.6 Å². The molecule has 1 saturated heterocycles. The number of methoxy groups -OCH3 is 1. The second kappa shape index (κ2) is 8.38. The molecule has 0 amide bonds. The SMILES string of the molecule is COc1ccc([C@@H](CC(F)(F)F)N2CCNCC2)cc1Br.Cl. The number of benzene rings is 1. The van der Waals surface area contributed by atoms with Crippen molar-refractivity contribution in [1.82, 2.24) is 10.2 Å². The van der Waals surface area contributed by atoms with Gasteiger partial charge in [0.05, 0.1) is 18.0 Å². The molecule has 1 aromatic rings. The lowest BCUT2D eigenvalue weighted by Gasteiger charge is -2.35. The second-order valence-corrected chi connectivity index (χ2v) is 5.87. The first-order chi connectivity index (χ1) is 9.90. The number of halogens is 5. The Balaban J connectivity index is 0.00000242. The summed E-state index contributed by atoms with van der Waals surface area (Å²) < 4.78 is 44.5. The molecular weight excluding hydrogens is 385 g/mol. The topological polar surface area (TPSA) is 24.5 Å². The second-order valence-electron chi connectivity index (χ2n) is 5.02. The largest absolute Gasteiger partial charge is 0.496 e. The van der Waals surface area contributed by atoms with Gasteiger partial charge in [-0.05, 0) is 33.6 Å². The Morgan fingerprint density at radius 1 is 1.32 bits per heavy atom. The van der Waals surface area contributed by atoms with E-state index >= 15 is 0 Å². The van der Waals surface area contributed by atoms with Crippen LogP contribution in [0.3, 0.4) is 0 Å². The van der Waals surface area contributed by atoms with Crippen molar-refractivity contribution in [3.8, 4) is 5.75 Å². The molecule has 0 bridgehead atoms. The highest BCUT2D eigenvalue weighted by Gasteiger charge is 2.36. The van der Waals surface area contributed by atoms with Crippen LogP contribution in [0.4, 0.5) is 13.2 Å². The molecule has 1 aliphatic heterocycles. The number of nitrogens with zero attached hydrogens (tertiary/aromatic N) is 1. The average molecular weight is 404 g/mol. The predicted molar refractivity (Wildman–Crippen MR) is 85.8 cm³/mol. The van der Waals surface area contributed by atoms with Crippen LogP contribution in [0, 0.1) is 0 Å². The Morgan fingerprint density at radius 2 is 1.95 bits per heavy atom. The van der Waals surface area contributed by atoms with Gasteiger partial charge in [-0.1, -0.05) is 6.07 Å². The van der Waals surface area contributed by atoms with Gasteiger partial charge in [-0.25, -0.2) is 0 Å². The molecule has 0 spiro atoms. The van der Waals surface area contributed by atoms with E-state index in [1.165, 1.54) is 7.11 Å². The first-order valence-corrected chi connectivity index (χ1v) is 7.55. The first-order valence-electron chi connectivity index (χ1n) is 6.75. The fraction of sp³-hybridized carbons (Fsp3) is 0.571. The Kier molecular flexibility index (Phi) is 7.45. The highest BCUT2D eigenvalue weighted by molar-refractivity contribution is 9.10. The van der Waals surface area contributed by atoms with Gasteiger partial charge in [0.25, 0.3) is 0 Å². The molecular formula is C14H19BrClF3N2O. The van der Waals surface area contributed by atoms with Gasteiger partial charge < -0.3 is 10.1 Å². The van der Waals surface area contributed by atoms with Crippen LogP contribution in [0.2, 0.25) is 0 Å². The van der Waals surface area contributed by atoms with Crippen LogP contribution >= 0.6 is 28.3 Å². The average Bonchev–Trinajstić information content (AvgIpc) is 2.45. The van der Waals surface area contributed by atoms with Gasteiger partial charge in [0.15, 0.2) is 0 Å². The number of hydrogen-bond donors (Lipinski definition) is 1. The van der Waals surface area contributed by atoms with E-state index in [0.29, 0.717) is 42.0 Å². The summed E-state index contributed by atoms with van der Waals surface area (Å²) in [5.74, 6) is 0.616. The number of hydrogen-bond acceptors (Lipinski definition) is 3. The standard InChI is InChI=1S/C14H18BrF3N2O.ClH/c1-21-13-3-2-10(8-11(13)15)12(9-14(16,17)18)20-6-4-19-5-7-20;/h2-3,8,12,19H,4-7,9H2,1H3;1H/t12-;/m1./s1. The molecule has 22 heavy (non-hydrogen) atoms. The zero-order valence-corrected chi connectivity index (χ0v) is 14.5.